The molecule has 1 unspecified atom stereocenters. The Morgan fingerprint density at radius 2 is 1.90 bits per heavy atom. The number of halogens is 3. The van der Waals surface area contributed by atoms with E-state index in [4.69, 9.17) is 15.4 Å². The Balaban J connectivity index is 3.22. The number of carbonyl (C=O) groups excluding carboxylic acids is 1. The van der Waals surface area contributed by atoms with Crippen molar-refractivity contribution < 1.29 is 22.3 Å². The lowest BCUT2D eigenvalue weighted by Crippen LogP contribution is -2.21. The number of rotatable bonds is 4. The van der Waals surface area contributed by atoms with Gasteiger partial charge in [-0.3, -0.25) is 0 Å². The van der Waals surface area contributed by atoms with Crippen molar-refractivity contribution in [2.75, 3.05) is 0 Å². The van der Waals surface area contributed by atoms with Crippen LogP contribution in [-0.2, 0) is 13.8 Å². The zero-order chi connectivity index (χ0) is 15.7. The zero-order valence-corrected chi connectivity index (χ0v) is 14.1. The largest absolute Gasteiger partial charge is 0.459 e. The average molecular weight is 388 g/mol. The highest BCUT2D eigenvalue weighted by Crippen LogP contribution is 2.28. The molecular weight excluding hydrogens is 375 g/mol. The number of benzene rings is 1. The Morgan fingerprint density at radius 3 is 2.35 bits per heavy atom. The fourth-order valence-electron chi connectivity index (χ4n) is 1.24. The average Bonchev–Trinajstić information content (AvgIpc) is 2.26. The molecule has 0 spiro atoms. The normalized spacial score (nSPS) is 13.3. The molecule has 1 rings (SSSR count). The molecule has 0 saturated heterocycles. The van der Waals surface area contributed by atoms with Gasteiger partial charge in [0, 0.05) is 15.2 Å². The lowest BCUT2D eigenvalue weighted by Gasteiger charge is -2.17. The molecule has 0 aliphatic heterocycles. The van der Waals surface area contributed by atoms with Gasteiger partial charge in [-0.05, 0) is 40.9 Å². The van der Waals surface area contributed by atoms with Gasteiger partial charge >= 0.3 is 5.97 Å². The minimum atomic E-state index is -4.10. The van der Waals surface area contributed by atoms with Crippen molar-refractivity contribution in [3.63, 3.8) is 0 Å². The Kier molecular flexibility index (Phi) is 5.57. The Morgan fingerprint density at radius 1 is 1.35 bits per heavy atom. The molecule has 0 heterocycles. The van der Waals surface area contributed by atoms with Gasteiger partial charge in [-0.25, -0.2) is 17.6 Å². The highest BCUT2D eigenvalue weighted by Gasteiger charge is 2.23. The van der Waals surface area contributed by atoms with Crippen LogP contribution in [0.3, 0.4) is 0 Å². The molecule has 1 aromatic carbocycles. The smallest absolute Gasteiger partial charge is 0.341 e. The van der Waals surface area contributed by atoms with E-state index in [0.29, 0.717) is 0 Å². The van der Waals surface area contributed by atoms with E-state index in [1.807, 2.05) is 13.8 Å². The number of ether oxygens (including phenoxy) is 1. The first-order valence-electron chi connectivity index (χ1n) is 5.68. The minimum absolute atomic E-state index is 0.0497. The van der Waals surface area contributed by atoms with Gasteiger partial charge in [-0.2, -0.15) is 0 Å². The first kappa shape index (κ1) is 17.4. The molecule has 4 nitrogen and oxygen atoms in total. The van der Waals surface area contributed by atoms with E-state index in [9.17, 15) is 17.6 Å². The van der Waals surface area contributed by atoms with Gasteiger partial charge in [-0.15, -0.1) is 0 Å². The maximum absolute atomic E-state index is 13.8. The molecule has 20 heavy (non-hydrogen) atoms. The molecule has 8 heteroatoms. The molecule has 0 aliphatic carbocycles. The maximum Gasteiger partial charge on any atom is 0.341 e. The van der Waals surface area contributed by atoms with E-state index in [2.05, 4.69) is 15.9 Å². The van der Waals surface area contributed by atoms with Crippen molar-refractivity contribution in [1.82, 2.24) is 0 Å². The van der Waals surface area contributed by atoms with Crippen LogP contribution in [0.25, 0.3) is 0 Å². The van der Waals surface area contributed by atoms with Crippen LogP contribution in [0.15, 0.2) is 21.5 Å². The molecule has 112 valence electrons. The monoisotopic (exact) mass is 386 g/mol. The highest BCUT2D eigenvalue weighted by molar-refractivity contribution is 9.10. The molecule has 0 aromatic heterocycles. The van der Waals surface area contributed by atoms with E-state index in [0.717, 1.165) is 12.1 Å². The summed E-state index contributed by atoms with van der Waals surface area (Å²) in [4.78, 5) is 11.5. The molecule has 0 N–H and O–H groups in total. The van der Waals surface area contributed by atoms with Gasteiger partial charge in [0.15, 0.2) is 0 Å². The molecule has 1 aromatic rings. The molecule has 0 fully saturated rings. The predicted octanol–water partition coefficient (Wildman–Crippen LogP) is 3.72. The fourth-order valence-corrected chi connectivity index (χ4v) is 3.41. The van der Waals surface area contributed by atoms with E-state index in [1.54, 1.807) is 6.92 Å². The second-order valence-corrected chi connectivity index (χ2v) is 7.94. The minimum Gasteiger partial charge on any atom is -0.459 e. The van der Waals surface area contributed by atoms with Crippen LogP contribution in [-0.4, -0.2) is 20.5 Å². The van der Waals surface area contributed by atoms with Gasteiger partial charge in [0.2, 0.25) is 0 Å². The molecule has 0 aliphatic rings. The standard InChI is InChI=1S/C12H13BrClFO4S/c1-6(2)7(3)19-12(16)8-4-11(20(14,17)18)9(13)5-10(8)15/h4-7H,1-3H3. The third-order valence-corrected chi connectivity index (χ3v) is 5.02. The van der Waals surface area contributed by atoms with Gasteiger partial charge in [0.25, 0.3) is 9.05 Å². The molecular formula is C12H13BrClFO4S. The third kappa shape index (κ3) is 4.17. The van der Waals surface area contributed by atoms with Crippen molar-refractivity contribution in [3.05, 3.63) is 28.0 Å². The van der Waals surface area contributed by atoms with Crippen molar-refractivity contribution in [2.24, 2.45) is 5.92 Å². The zero-order valence-electron chi connectivity index (χ0n) is 11.0. The van der Waals surface area contributed by atoms with E-state index >= 15 is 0 Å². The number of hydrogen-bond acceptors (Lipinski definition) is 4. The predicted molar refractivity (Wildman–Crippen MR) is 76.9 cm³/mol. The van der Waals surface area contributed by atoms with E-state index < -0.39 is 32.5 Å². The summed E-state index contributed by atoms with van der Waals surface area (Å²) in [6.45, 7) is 5.34. The SMILES string of the molecule is CC(C)C(C)OC(=O)c1cc(S(=O)(=O)Cl)c(Br)cc1F. The summed E-state index contributed by atoms with van der Waals surface area (Å²) in [5.74, 6) is -1.77. The molecule has 1 atom stereocenters. The number of esters is 1. The van der Waals surface area contributed by atoms with E-state index in [-0.39, 0.29) is 15.3 Å². The number of hydrogen-bond donors (Lipinski definition) is 0. The quantitative estimate of drug-likeness (QED) is 0.583. The summed E-state index contributed by atoms with van der Waals surface area (Å²) in [5.41, 5.74) is -0.472. The van der Waals surface area contributed by atoms with Crippen LogP contribution >= 0.6 is 26.6 Å². The lowest BCUT2D eigenvalue weighted by atomic mass is 10.1. The van der Waals surface area contributed by atoms with Crippen LogP contribution in [0.4, 0.5) is 4.39 Å². The first-order chi connectivity index (χ1) is 9.04. The molecule has 0 bridgehead atoms. The van der Waals surface area contributed by atoms with Crippen LogP contribution in [0.5, 0.6) is 0 Å². The van der Waals surface area contributed by atoms with Gasteiger partial charge in [0.1, 0.15) is 11.9 Å². The summed E-state index contributed by atoms with van der Waals surface area (Å²) in [5, 5.41) is 0. The van der Waals surface area contributed by atoms with Crippen LogP contribution < -0.4 is 0 Å². The summed E-state index contributed by atoms with van der Waals surface area (Å²) >= 11 is 2.88. The van der Waals surface area contributed by atoms with Crippen LogP contribution in [0.2, 0.25) is 0 Å². The summed E-state index contributed by atoms with van der Waals surface area (Å²) in [6.07, 6.45) is -0.429. The number of carbonyl (C=O) groups is 1. The summed E-state index contributed by atoms with van der Waals surface area (Å²) < 4.78 is 41.4. The van der Waals surface area contributed by atoms with Gasteiger partial charge in [-0.1, -0.05) is 13.8 Å². The van der Waals surface area contributed by atoms with Crippen molar-refractivity contribution in [2.45, 2.75) is 31.8 Å². The third-order valence-electron chi connectivity index (χ3n) is 2.74. The molecule has 0 saturated carbocycles. The van der Waals surface area contributed by atoms with Crippen LogP contribution in [0, 0.1) is 11.7 Å². The van der Waals surface area contributed by atoms with Gasteiger partial charge < -0.3 is 4.74 Å². The second kappa shape index (κ2) is 6.41. The van der Waals surface area contributed by atoms with Crippen molar-refractivity contribution in [1.29, 1.82) is 0 Å². The lowest BCUT2D eigenvalue weighted by molar-refractivity contribution is 0.0232. The Labute approximate surface area is 129 Å². The van der Waals surface area contributed by atoms with E-state index in [1.165, 1.54) is 0 Å². The van der Waals surface area contributed by atoms with Crippen molar-refractivity contribution in [3.8, 4) is 0 Å². The van der Waals surface area contributed by atoms with Crippen LogP contribution in [0.1, 0.15) is 31.1 Å². The molecule has 0 radical (unpaired) electrons. The maximum atomic E-state index is 13.8. The summed E-state index contributed by atoms with van der Waals surface area (Å²) in [7, 11) is 1.12. The first-order valence-corrected chi connectivity index (χ1v) is 8.79. The van der Waals surface area contributed by atoms with Gasteiger partial charge in [0.05, 0.1) is 10.5 Å². The fraction of sp³-hybridized carbons (Fsp3) is 0.417. The topological polar surface area (TPSA) is 60.4 Å². The summed E-state index contributed by atoms with van der Waals surface area (Å²) in [6, 6.07) is 1.73. The second-order valence-electron chi connectivity index (χ2n) is 4.55. The molecule has 0 amide bonds. The van der Waals surface area contributed by atoms with Crippen molar-refractivity contribution >= 4 is 41.6 Å². The highest BCUT2D eigenvalue weighted by atomic mass is 79.9. The Hall–Kier alpha value is -0.660. The Bertz CT molecular complexity index is 631.